The minimum absolute atomic E-state index is 0.713. The number of hydrogen-bond donors (Lipinski definition) is 1. The topological polar surface area (TPSA) is 12.0 Å². The molecule has 92 valence electrons. The highest BCUT2D eigenvalue weighted by Gasteiger charge is 2.27. The van der Waals surface area contributed by atoms with Gasteiger partial charge in [-0.25, -0.2) is 0 Å². The van der Waals surface area contributed by atoms with Gasteiger partial charge in [0.1, 0.15) is 0 Å². The average Bonchev–Trinajstić information content (AvgIpc) is 2.83. The summed E-state index contributed by atoms with van der Waals surface area (Å²) in [6.45, 7) is 3.55. The zero-order valence-electron chi connectivity index (χ0n) is 10.8. The fourth-order valence-electron chi connectivity index (χ4n) is 3.50. The first-order valence-electron chi connectivity index (χ1n) is 7.16. The van der Waals surface area contributed by atoms with Crippen LogP contribution in [-0.4, -0.2) is 12.6 Å². The Kier molecular flexibility index (Phi) is 3.19. The fourth-order valence-corrected chi connectivity index (χ4v) is 3.50. The van der Waals surface area contributed by atoms with Crippen LogP contribution in [0.5, 0.6) is 0 Å². The van der Waals surface area contributed by atoms with Crippen molar-refractivity contribution in [2.45, 2.75) is 51.0 Å². The number of nitrogens with one attached hydrogen (secondary N) is 1. The molecule has 0 radical (unpaired) electrons. The molecule has 0 aliphatic heterocycles. The lowest BCUT2D eigenvalue weighted by molar-refractivity contribution is 0.365. The summed E-state index contributed by atoms with van der Waals surface area (Å²) in [6.07, 6.45) is 7.05. The summed E-state index contributed by atoms with van der Waals surface area (Å²) in [4.78, 5) is 0. The van der Waals surface area contributed by atoms with Crippen molar-refractivity contribution in [2.24, 2.45) is 5.92 Å². The minimum Gasteiger partial charge on any atom is -0.313 e. The molecule has 2 aliphatic rings. The quantitative estimate of drug-likeness (QED) is 0.833. The van der Waals surface area contributed by atoms with Crippen molar-refractivity contribution in [1.29, 1.82) is 0 Å². The molecule has 0 heterocycles. The molecule has 0 amide bonds. The van der Waals surface area contributed by atoms with E-state index in [-0.39, 0.29) is 0 Å². The highest BCUT2D eigenvalue weighted by Crippen LogP contribution is 2.34. The predicted octanol–water partition coefficient (Wildman–Crippen LogP) is 3.49. The Bertz CT molecular complexity index is 379. The van der Waals surface area contributed by atoms with Gasteiger partial charge >= 0.3 is 0 Å². The molecule has 0 bridgehead atoms. The van der Waals surface area contributed by atoms with Crippen molar-refractivity contribution >= 4 is 0 Å². The van der Waals surface area contributed by atoms with E-state index in [4.69, 9.17) is 0 Å². The summed E-state index contributed by atoms with van der Waals surface area (Å²) in [5.41, 5.74) is 3.14. The first kappa shape index (κ1) is 11.3. The molecule has 1 aromatic carbocycles. The maximum Gasteiger partial charge on any atom is 0.00672 e. The van der Waals surface area contributed by atoms with Crippen LogP contribution in [0.25, 0.3) is 0 Å². The van der Waals surface area contributed by atoms with Gasteiger partial charge in [0.15, 0.2) is 0 Å². The number of rotatable bonds is 4. The first-order valence-corrected chi connectivity index (χ1v) is 7.16. The molecule has 2 aliphatic carbocycles. The van der Waals surface area contributed by atoms with E-state index in [2.05, 4.69) is 36.5 Å². The first-order chi connectivity index (χ1) is 8.34. The summed E-state index contributed by atoms with van der Waals surface area (Å²) in [7, 11) is 0. The zero-order chi connectivity index (χ0) is 11.7. The lowest BCUT2D eigenvalue weighted by atomic mass is 9.77. The van der Waals surface area contributed by atoms with E-state index in [1.54, 1.807) is 11.1 Å². The number of hydrogen-bond acceptors (Lipinski definition) is 1. The van der Waals surface area contributed by atoms with Crippen molar-refractivity contribution in [3.8, 4) is 0 Å². The molecule has 2 atom stereocenters. The summed E-state index contributed by atoms with van der Waals surface area (Å²) in [5, 5.41) is 3.77. The van der Waals surface area contributed by atoms with Crippen LogP contribution < -0.4 is 5.32 Å². The third kappa shape index (κ3) is 2.26. The Hall–Kier alpha value is -0.820. The van der Waals surface area contributed by atoms with E-state index in [1.807, 2.05) is 0 Å². The Morgan fingerprint density at radius 3 is 2.76 bits per heavy atom. The monoisotopic (exact) mass is 229 g/mol. The molecule has 1 nitrogen and oxygen atoms in total. The van der Waals surface area contributed by atoms with Crippen LogP contribution >= 0.6 is 0 Å². The molecule has 1 N–H and O–H groups in total. The van der Waals surface area contributed by atoms with Gasteiger partial charge in [-0.05, 0) is 43.2 Å². The molecule has 1 fully saturated rings. The van der Waals surface area contributed by atoms with Crippen molar-refractivity contribution in [1.82, 2.24) is 5.32 Å². The van der Waals surface area contributed by atoms with Crippen LogP contribution in [0.1, 0.15) is 49.7 Å². The van der Waals surface area contributed by atoms with Gasteiger partial charge in [-0.2, -0.15) is 0 Å². The average molecular weight is 229 g/mol. The summed E-state index contributed by atoms with van der Waals surface area (Å²) < 4.78 is 0. The minimum atomic E-state index is 0.713. The zero-order valence-corrected chi connectivity index (χ0v) is 10.8. The Morgan fingerprint density at radius 2 is 2.00 bits per heavy atom. The second kappa shape index (κ2) is 4.81. The van der Waals surface area contributed by atoms with Crippen LogP contribution in [0.2, 0.25) is 0 Å². The van der Waals surface area contributed by atoms with Crippen molar-refractivity contribution < 1.29 is 0 Å². The maximum absolute atomic E-state index is 3.77. The highest BCUT2D eigenvalue weighted by atomic mass is 14.9. The fraction of sp³-hybridized carbons (Fsp3) is 0.625. The molecule has 1 saturated carbocycles. The normalized spacial score (nSPS) is 25.4. The van der Waals surface area contributed by atoms with Crippen LogP contribution in [0.4, 0.5) is 0 Å². The van der Waals surface area contributed by atoms with Gasteiger partial charge in [-0.15, -0.1) is 0 Å². The number of benzene rings is 1. The largest absolute Gasteiger partial charge is 0.313 e. The SMILES string of the molecule is C[C@@H](NCC1Cc2ccccc21)C1CCCC1. The molecule has 0 saturated heterocycles. The van der Waals surface area contributed by atoms with Crippen molar-refractivity contribution in [2.75, 3.05) is 6.54 Å². The predicted molar refractivity (Wildman–Crippen MR) is 72.3 cm³/mol. The highest BCUT2D eigenvalue weighted by molar-refractivity contribution is 5.40. The van der Waals surface area contributed by atoms with Crippen LogP contribution in [0.15, 0.2) is 24.3 Å². The maximum atomic E-state index is 3.77. The van der Waals surface area contributed by atoms with Gasteiger partial charge < -0.3 is 5.32 Å². The molecular weight excluding hydrogens is 206 g/mol. The summed E-state index contributed by atoms with van der Waals surface area (Å²) >= 11 is 0. The van der Waals surface area contributed by atoms with E-state index >= 15 is 0 Å². The number of fused-ring (bicyclic) bond motifs is 1. The van der Waals surface area contributed by atoms with Crippen LogP contribution in [-0.2, 0) is 6.42 Å². The lowest BCUT2D eigenvalue weighted by Crippen LogP contribution is -2.37. The van der Waals surface area contributed by atoms with Gasteiger partial charge in [0.2, 0.25) is 0 Å². The third-order valence-corrected chi connectivity index (χ3v) is 4.75. The van der Waals surface area contributed by atoms with Crippen LogP contribution in [0.3, 0.4) is 0 Å². The molecule has 0 aromatic heterocycles. The van der Waals surface area contributed by atoms with Crippen LogP contribution in [0, 0.1) is 5.92 Å². The molecule has 17 heavy (non-hydrogen) atoms. The van der Waals surface area contributed by atoms with Gasteiger partial charge in [-0.3, -0.25) is 0 Å². The third-order valence-electron chi connectivity index (χ3n) is 4.75. The van der Waals surface area contributed by atoms with Gasteiger partial charge in [0.05, 0.1) is 0 Å². The van der Waals surface area contributed by atoms with E-state index in [0.29, 0.717) is 6.04 Å². The lowest BCUT2D eigenvalue weighted by Gasteiger charge is -2.32. The Morgan fingerprint density at radius 1 is 1.24 bits per heavy atom. The van der Waals surface area contributed by atoms with Crippen molar-refractivity contribution in [3.05, 3.63) is 35.4 Å². The van der Waals surface area contributed by atoms with Gasteiger partial charge in [-0.1, -0.05) is 37.1 Å². The second-order valence-electron chi connectivity index (χ2n) is 5.84. The summed E-state index contributed by atoms with van der Waals surface area (Å²) in [5.74, 6) is 1.71. The van der Waals surface area contributed by atoms with Gasteiger partial charge in [0.25, 0.3) is 0 Å². The van der Waals surface area contributed by atoms with Crippen molar-refractivity contribution in [3.63, 3.8) is 0 Å². The molecule has 1 heteroatoms. The van der Waals surface area contributed by atoms with E-state index < -0.39 is 0 Å². The molecular formula is C16H23N. The molecule has 0 spiro atoms. The van der Waals surface area contributed by atoms with Gasteiger partial charge in [0, 0.05) is 18.5 Å². The Labute approximate surface area is 105 Å². The van der Waals surface area contributed by atoms with E-state index in [9.17, 15) is 0 Å². The van der Waals surface area contributed by atoms with E-state index in [1.165, 1.54) is 38.6 Å². The standard InChI is InChI=1S/C16H23N/c1-12(13-6-2-3-7-13)17-11-15-10-14-8-4-5-9-16(14)15/h4-5,8-9,12-13,15,17H,2-3,6-7,10-11H2,1H3/t12-,15?/m1/s1. The smallest absolute Gasteiger partial charge is 0.00672 e. The van der Waals surface area contributed by atoms with E-state index in [0.717, 1.165) is 11.8 Å². The summed E-state index contributed by atoms with van der Waals surface area (Å²) in [6, 6.07) is 9.61. The molecule has 3 rings (SSSR count). The Balaban J connectivity index is 1.50. The molecule has 1 aromatic rings. The molecule has 1 unspecified atom stereocenters. The second-order valence-corrected chi connectivity index (χ2v) is 5.84.